The zero-order chi connectivity index (χ0) is 21.3. The van der Waals surface area contributed by atoms with E-state index in [1.165, 1.54) is 0 Å². The highest BCUT2D eigenvalue weighted by Crippen LogP contribution is 2.24. The molecule has 154 valence electrons. The zero-order valence-corrected chi connectivity index (χ0v) is 17.4. The first kappa shape index (κ1) is 21.4. The number of hydrogen-bond donors (Lipinski definition) is 2. The lowest BCUT2D eigenvalue weighted by molar-refractivity contribution is -0.122. The molecule has 2 amide bonds. The average molecular weight is 423 g/mol. The molecule has 0 aliphatic rings. The van der Waals surface area contributed by atoms with Crippen LogP contribution in [0.3, 0.4) is 0 Å². The molecule has 0 saturated heterocycles. The van der Waals surface area contributed by atoms with E-state index in [2.05, 4.69) is 10.6 Å². The second-order valence-electron chi connectivity index (χ2n) is 6.75. The number of ether oxygens (including phenoxy) is 1. The number of halogens is 1. The lowest BCUT2D eigenvalue weighted by Crippen LogP contribution is -2.30. The van der Waals surface area contributed by atoms with E-state index in [4.69, 9.17) is 16.3 Å². The standard InChI is InChI=1S/C24H23ClN2O3/c1-17(30-20-10-6-3-7-11-20)23(28)27-22-16-19(12-13-21(22)25)24(29)26-15-14-18-8-4-2-5-9-18/h2-13,16-17H,14-15H2,1H3,(H,26,29)(H,27,28)/t17-/m1/s1. The predicted octanol–water partition coefficient (Wildman–Crippen LogP) is 4.72. The monoisotopic (exact) mass is 422 g/mol. The van der Waals surface area contributed by atoms with Gasteiger partial charge in [0.15, 0.2) is 6.10 Å². The van der Waals surface area contributed by atoms with Crippen LogP contribution in [-0.4, -0.2) is 24.5 Å². The first-order chi connectivity index (χ1) is 14.5. The first-order valence-corrected chi connectivity index (χ1v) is 10.0. The molecule has 0 radical (unpaired) electrons. The van der Waals surface area contributed by atoms with Crippen LogP contribution < -0.4 is 15.4 Å². The fraction of sp³-hybridized carbons (Fsp3) is 0.167. The molecule has 3 aromatic carbocycles. The molecule has 0 bridgehead atoms. The van der Waals surface area contributed by atoms with Crippen LogP contribution in [0.4, 0.5) is 5.69 Å². The van der Waals surface area contributed by atoms with Crippen molar-refractivity contribution in [3.8, 4) is 5.75 Å². The normalized spacial score (nSPS) is 11.4. The molecule has 0 spiro atoms. The summed E-state index contributed by atoms with van der Waals surface area (Å²) in [6, 6.07) is 23.8. The van der Waals surface area contributed by atoms with Crippen LogP contribution in [-0.2, 0) is 11.2 Å². The summed E-state index contributed by atoms with van der Waals surface area (Å²) in [7, 11) is 0. The van der Waals surface area contributed by atoms with Gasteiger partial charge >= 0.3 is 0 Å². The smallest absolute Gasteiger partial charge is 0.265 e. The van der Waals surface area contributed by atoms with Gasteiger partial charge in [-0.2, -0.15) is 0 Å². The van der Waals surface area contributed by atoms with Gasteiger partial charge in [0.25, 0.3) is 11.8 Å². The summed E-state index contributed by atoms with van der Waals surface area (Å²) < 4.78 is 5.63. The Morgan fingerprint density at radius 1 is 0.967 bits per heavy atom. The summed E-state index contributed by atoms with van der Waals surface area (Å²) in [6.07, 6.45) is 0.00443. The molecule has 0 aliphatic carbocycles. The molecule has 1 atom stereocenters. The summed E-state index contributed by atoms with van der Waals surface area (Å²) in [6.45, 7) is 2.16. The van der Waals surface area contributed by atoms with Crippen LogP contribution >= 0.6 is 11.6 Å². The van der Waals surface area contributed by atoms with E-state index in [1.54, 1.807) is 37.3 Å². The van der Waals surface area contributed by atoms with Gasteiger partial charge in [0, 0.05) is 12.1 Å². The quantitative estimate of drug-likeness (QED) is 0.552. The number of amides is 2. The van der Waals surface area contributed by atoms with E-state index < -0.39 is 6.10 Å². The van der Waals surface area contributed by atoms with E-state index in [-0.39, 0.29) is 11.8 Å². The molecule has 0 unspecified atom stereocenters. The molecule has 3 aromatic rings. The molecule has 0 fully saturated rings. The fourth-order valence-corrected chi connectivity index (χ4v) is 2.99. The summed E-state index contributed by atoms with van der Waals surface area (Å²) in [5.74, 6) is 0.00635. The van der Waals surface area contributed by atoms with Crippen LogP contribution in [0.1, 0.15) is 22.8 Å². The van der Waals surface area contributed by atoms with Gasteiger partial charge in [-0.1, -0.05) is 60.1 Å². The maximum atomic E-state index is 12.5. The second-order valence-corrected chi connectivity index (χ2v) is 7.16. The van der Waals surface area contributed by atoms with Gasteiger partial charge in [0.05, 0.1) is 10.7 Å². The highest BCUT2D eigenvalue weighted by Gasteiger charge is 2.17. The molecule has 2 N–H and O–H groups in total. The number of hydrogen-bond acceptors (Lipinski definition) is 3. The highest BCUT2D eigenvalue weighted by molar-refractivity contribution is 6.34. The molecule has 30 heavy (non-hydrogen) atoms. The molecule has 0 heterocycles. The van der Waals surface area contributed by atoms with E-state index in [0.29, 0.717) is 28.6 Å². The number of carbonyl (C=O) groups excluding carboxylic acids is 2. The summed E-state index contributed by atoms with van der Waals surface area (Å²) in [4.78, 5) is 25.0. The van der Waals surface area contributed by atoms with Crippen molar-refractivity contribution in [1.29, 1.82) is 0 Å². The summed E-state index contributed by atoms with van der Waals surface area (Å²) in [5.41, 5.74) is 1.93. The number of para-hydroxylation sites is 1. The van der Waals surface area contributed by atoms with Crippen molar-refractivity contribution < 1.29 is 14.3 Å². The Hall–Kier alpha value is -3.31. The van der Waals surface area contributed by atoms with Crippen molar-refractivity contribution in [2.45, 2.75) is 19.4 Å². The van der Waals surface area contributed by atoms with Crippen LogP contribution in [0.15, 0.2) is 78.9 Å². The zero-order valence-electron chi connectivity index (χ0n) is 16.6. The SMILES string of the molecule is C[C@@H](Oc1ccccc1)C(=O)Nc1cc(C(=O)NCCc2ccccc2)ccc1Cl. The van der Waals surface area contributed by atoms with E-state index in [1.807, 2.05) is 48.5 Å². The van der Waals surface area contributed by atoms with Gasteiger partial charge in [0.2, 0.25) is 0 Å². The number of benzene rings is 3. The fourth-order valence-electron chi connectivity index (χ4n) is 2.82. The van der Waals surface area contributed by atoms with E-state index in [0.717, 1.165) is 12.0 Å². The van der Waals surface area contributed by atoms with Crippen LogP contribution in [0.25, 0.3) is 0 Å². The van der Waals surface area contributed by atoms with Crippen molar-refractivity contribution in [3.63, 3.8) is 0 Å². The molecule has 0 aliphatic heterocycles. The van der Waals surface area contributed by atoms with Crippen LogP contribution in [0.5, 0.6) is 5.75 Å². The number of anilines is 1. The molecular formula is C24H23ClN2O3. The maximum absolute atomic E-state index is 12.5. The van der Waals surface area contributed by atoms with Crippen LogP contribution in [0.2, 0.25) is 5.02 Å². The van der Waals surface area contributed by atoms with Crippen molar-refractivity contribution >= 4 is 29.1 Å². The Bertz CT molecular complexity index is 994. The maximum Gasteiger partial charge on any atom is 0.265 e. The molecule has 0 aromatic heterocycles. The summed E-state index contributed by atoms with van der Waals surface area (Å²) >= 11 is 6.21. The van der Waals surface area contributed by atoms with Crippen molar-refractivity contribution in [2.75, 3.05) is 11.9 Å². The number of nitrogens with one attached hydrogen (secondary N) is 2. The first-order valence-electron chi connectivity index (χ1n) is 9.67. The van der Waals surface area contributed by atoms with Gasteiger partial charge in [-0.25, -0.2) is 0 Å². The molecular weight excluding hydrogens is 400 g/mol. The third-order valence-electron chi connectivity index (χ3n) is 4.45. The molecule has 0 saturated carbocycles. The van der Waals surface area contributed by atoms with Crippen LogP contribution in [0, 0.1) is 0 Å². The summed E-state index contributed by atoms with van der Waals surface area (Å²) in [5, 5.41) is 5.96. The van der Waals surface area contributed by atoms with E-state index in [9.17, 15) is 9.59 Å². The van der Waals surface area contributed by atoms with Gasteiger partial charge in [0.1, 0.15) is 5.75 Å². The molecule has 6 heteroatoms. The third kappa shape index (κ3) is 6.09. The van der Waals surface area contributed by atoms with Crippen molar-refractivity contribution in [1.82, 2.24) is 5.32 Å². The minimum Gasteiger partial charge on any atom is -0.481 e. The third-order valence-corrected chi connectivity index (χ3v) is 4.78. The van der Waals surface area contributed by atoms with Gasteiger partial charge in [-0.15, -0.1) is 0 Å². The Labute approximate surface area is 181 Å². The topological polar surface area (TPSA) is 67.4 Å². The average Bonchev–Trinajstić information content (AvgIpc) is 2.76. The minimum atomic E-state index is -0.730. The number of rotatable bonds is 8. The van der Waals surface area contributed by atoms with Crippen molar-refractivity contribution in [2.24, 2.45) is 0 Å². The number of carbonyl (C=O) groups is 2. The Morgan fingerprint density at radius 3 is 2.33 bits per heavy atom. The van der Waals surface area contributed by atoms with Crippen molar-refractivity contribution in [3.05, 3.63) is 95.0 Å². The largest absolute Gasteiger partial charge is 0.481 e. The van der Waals surface area contributed by atoms with Gasteiger partial charge in [-0.3, -0.25) is 9.59 Å². The Kier molecular flexibility index (Phi) is 7.46. The van der Waals surface area contributed by atoms with Gasteiger partial charge < -0.3 is 15.4 Å². The lowest BCUT2D eigenvalue weighted by Gasteiger charge is -2.16. The molecule has 3 rings (SSSR count). The predicted molar refractivity (Wildman–Crippen MR) is 119 cm³/mol. The Morgan fingerprint density at radius 2 is 1.63 bits per heavy atom. The Balaban J connectivity index is 1.58. The highest BCUT2D eigenvalue weighted by atomic mass is 35.5. The van der Waals surface area contributed by atoms with Gasteiger partial charge in [-0.05, 0) is 49.2 Å². The second kappa shape index (κ2) is 10.5. The molecule has 5 nitrogen and oxygen atoms in total. The lowest BCUT2D eigenvalue weighted by atomic mass is 10.1. The van der Waals surface area contributed by atoms with E-state index >= 15 is 0 Å². The minimum absolute atomic E-state index is 0.230.